The van der Waals surface area contributed by atoms with Crippen LogP contribution in [-0.2, 0) is 16.1 Å². The number of methoxy groups -OCH3 is 1. The van der Waals surface area contributed by atoms with Crippen molar-refractivity contribution < 1.29 is 9.47 Å². The van der Waals surface area contributed by atoms with Crippen molar-refractivity contribution in [3.05, 3.63) is 30.1 Å². The molecule has 3 heteroatoms. The molecule has 0 amide bonds. The summed E-state index contributed by atoms with van der Waals surface area (Å²) in [6.07, 6.45) is 8.90. The van der Waals surface area contributed by atoms with Gasteiger partial charge in [-0.2, -0.15) is 0 Å². The molecule has 3 nitrogen and oxygen atoms in total. The Morgan fingerprint density at radius 2 is 2.35 bits per heavy atom. The fourth-order valence-electron chi connectivity index (χ4n) is 2.48. The lowest BCUT2D eigenvalue weighted by Crippen LogP contribution is -2.25. The maximum Gasteiger partial charge on any atom is 0.0735 e. The Labute approximate surface area is 103 Å². The third-order valence-electron chi connectivity index (χ3n) is 3.35. The molecule has 1 aliphatic rings. The van der Waals surface area contributed by atoms with E-state index >= 15 is 0 Å². The first-order chi connectivity index (χ1) is 8.38. The van der Waals surface area contributed by atoms with E-state index in [1.807, 2.05) is 12.3 Å². The van der Waals surface area contributed by atoms with E-state index in [1.165, 1.54) is 19.3 Å². The molecular weight excluding hydrogens is 214 g/mol. The summed E-state index contributed by atoms with van der Waals surface area (Å²) in [4.78, 5) is 4.09. The maximum atomic E-state index is 5.95. The Balaban J connectivity index is 1.75. The Morgan fingerprint density at radius 1 is 1.41 bits per heavy atom. The number of aromatic nitrogens is 1. The predicted molar refractivity (Wildman–Crippen MR) is 66.6 cm³/mol. The molecule has 94 valence electrons. The lowest BCUT2D eigenvalue weighted by atomic mass is 9.88. The van der Waals surface area contributed by atoms with Gasteiger partial charge in [-0.05, 0) is 36.8 Å². The van der Waals surface area contributed by atoms with E-state index in [-0.39, 0.29) is 0 Å². The van der Waals surface area contributed by atoms with Gasteiger partial charge in [0.25, 0.3) is 0 Å². The van der Waals surface area contributed by atoms with Crippen LogP contribution in [0.15, 0.2) is 24.5 Å². The molecule has 0 saturated heterocycles. The van der Waals surface area contributed by atoms with Crippen LogP contribution >= 0.6 is 0 Å². The second kappa shape index (κ2) is 6.72. The summed E-state index contributed by atoms with van der Waals surface area (Å²) in [6.45, 7) is 1.55. The molecule has 0 aromatic carbocycles. The van der Waals surface area contributed by atoms with Crippen molar-refractivity contribution in [2.75, 3.05) is 13.7 Å². The van der Waals surface area contributed by atoms with Crippen LogP contribution in [0.3, 0.4) is 0 Å². The number of hydrogen-bond donors (Lipinski definition) is 0. The number of pyridine rings is 1. The zero-order valence-electron chi connectivity index (χ0n) is 10.5. The zero-order chi connectivity index (χ0) is 11.9. The van der Waals surface area contributed by atoms with E-state index in [4.69, 9.17) is 9.47 Å². The lowest BCUT2D eigenvalue weighted by molar-refractivity contribution is -0.0104. The minimum Gasteiger partial charge on any atom is -0.384 e. The first-order valence-corrected chi connectivity index (χ1v) is 6.38. The first kappa shape index (κ1) is 12.5. The SMILES string of the molecule is COCC1CCCC(OCc2cccnc2)C1. The maximum absolute atomic E-state index is 5.95. The van der Waals surface area contributed by atoms with Crippen LogP contribution < -0.4 is 0 Å². The highest BCUT2D eigenvalue weighted by molar-refractivity contribution is 5.06. The van der Waals surface area contributed by atoms with Gasteiger partial charge in [-0.1, -0.05) is 12.5 Å². The molecule has 2 unspecified atom stereocenters. The van der Waals surface area contributed by atoms with Gasteiger partial charge in [0.05, 0.1) is 12.7 Å². The molecular formula is C14H21NO2. The van der Waals surface area contributed by atoms with E-state index in [0.29, 0.717) is 18.6 Å². The third kappa shape index (κ3) is 4.10. The fraction of sp³-hybridized carbons (Fsp3) is 0.643. The van der Waals surface area contributed by atoms with Crippen molar-refractivity contribution in [3.63, 3.8) is 0 Å². The minimum atomic E-state index is 0.393. The van der Waals surface area contributed by atoms with Gasteiger partial charge in [-0.25, -0.2) is 0 Å². The van der Waals surface area contributed by atoms with Gasteiger partial charge in [-0.15, -0.1) is 0 Å². The largest absolute Gasteiger partial charge is 0.384 e. The van der Waals surface area contributed by atoms with Gasteiger partial charge in [-0.3, -0.25) is 4.98 Å². The molecule has 2 atom stereocenters. The quantitative estimate of drug-likeness (QED) is 0.786. The van der Waals surface area contributed by atoms with Crippen LogP contribution in [0.5, 0.6) is 0 Å². The summed E-state index contributed by atoms with van der Waals surface area (Å²) >= 11 is 0. The average Bonchev–Trinajstić information content (AvgIpc) is 2.39. The van der Waals surface area contributed by atoms with Crippen LogP contribution in [0.1, 0.15) is 31.2 Å². The molecule has 1 aliphatic carbocycles. The Hall–Kier alpha value is -0.930. The molecule has 1 heterocycles. The van der Waals surface area contributed by atoms with E-state index in [0.717, 1.165) is 18.6 Å². The van der Waals surface area contributed by atoms with Gasteiger partial charge < -0.3 is 9.47 Å². The standard InChI is InChI=1S/C14H21NO2/c1-16-10-12-4-2-6-14(8-12)17-11-13-5-3-7-15-9-13/h3,5,7,9,12,14H,2,4,6,8,10-11H2,1H3. The van der Waals surface area contributed by atoms with Crippen molar-refractivity contribution >= 4 is 0 Å². The Kier molecular flexibility index (Phi) is 4.95. The Morgan fingerprint density at radius 3 is 3.12 bits per heavy atom. The molecule has 2 rings (SSSR count). The second-order valence-electron chi connectivity index (χ2n) is 4.78. The highest BCUT2D eigenvalue weighted by Crippen LogP contribution is 2.27. The molecule has 0 N–H and O–H groups in total. The van der Waals surface area contributed by atoms with Gasteiger partial charge in [0.2, 0.25) is 0 Å². The van der Waals surface area contributed by atoms with E-state index in [9.17, 15) is 0 Å². The summed E-state index contributed by atoms with van der Waals surface area (Å²) in [7, 11) is 1.78. The lowest BCUT2D eigenvalue weighted by Gasteiger charge is -2.28. The summed E-state index contributed by atoms with van der Waals surface area (Å²) in [5, 5.41) is 0. The highest BCUT2D eigenvalue weighted by atomic mass is 16.5. The van der Waals surface area contributed by atoms with Crippen molar-refractivity contribution in [2.45, 2.75) is 38.4 Å². The highest BCUT2D eigenvalue weighted by Gasteiger charge is 2.22. The minimum absolute atomic E-state index is 0.393. The van der Waals surface area contributed by atoms with Crippen molar-refractivity contribution in [3.8, 4) is 0 Å². The summed E-state index contributed by atoms with van der Waals surface area (Å²) in [6, 6.07) is 4.01. The normalized spacial score (nSPS) is 24.8. The topological polar surface area (TPSA) is 31.4 Å². The van der Waals surface area contributed by atoms with Crippen molar-refractivity contribution in [1.29, 1.82) is 0 Å². The molecule has 1 aromatic heterocycles. The van der Waals surface area contributed by atoms with E-state index < -0.39 is 0 Å². The van der Waals surface area contributed by atoms with Gasteiger partial charge >= 0.3 is 0 Å². The molecule has 1 fully saturated rings. The zero-order valence-corrected chi connectivity index (χ0v) is 10.5. The molecule has 0 aliphatic heterocycles. The number of ether oxygens (including phenoxy) is 2. The number of nitrogens with zero attached hydrogens (tertiary/aromatic N) is 1. The van der Waals surface area contributed by atoms with Gasteiger partial charge in [0.15, 0.2) is 0 Å². The first-order valence-electron chi connectivity index (χ1n) is 6.38. The van der Waals surface area contributed by atoms with Crippen LogP contribution in [0.4, 0.5) is 0 Å². The van der Waals surface area contributed by atoms with E-state index in [1.54, 1.807) is 13.3 Å². The summed E-state index contributed by atoms with van der Waals surface area (Å²) < 4.78 is 11.2. The molecule has 1 saturated carbocycles. The smallest absolute Gasteiger partial charge is 0.0735 e. The average molecular weight is 235 g/mol. The summed E-state index contributed by atoms with van der Waals surface area (Å²) in [5.74, 6) is 0.674. The van der Waals surface area contributed by atoms with E-state index in [2.05, 4.69) is 11.1 Å². The van der Waals surface area contributed by atoms with Crippen LogP contribution in [0.25, 0.3) is 0 Å². The van der Waals surface area contributed by atoms with Crippen molar-refractivity contribution in [2.24, 2.45) is 5.92 Å². The summed E-state index contributed by atoms with van der Waals surface area (Å²) in [5.41, 5.74) is 1.15. The Bertz CT molecular complexity index is 313. The molecule has 1 aromatic rings. The van der Waals surface area contributed by atoms with Gasteiger partial charge in [0, 0.05) is 26.1 Å². The molecule has 17 heavy (non-hydrogen) atoms. The predicted octanol–water partition coefficient (Wildman–Crippen LogP) is 2.80. The van der Waals surface area contributed by atoms with Gasteiger partial charge in [0.1, 0.15) is 0 Å². The molecule has 0 spiro atoms. The number of rotatable bonds is 5. The van der Waals surface area contributed by atoms with Crippen LogP contribution in [0.2, 0.25) is 0 Å². The second-order valence-corrected chi connectivity index (χ2v) is 4.78. The fourth-order valence-corrected chi connectivity index (χ4v) is 2.48. The number of hydrogen-bond acceptors (Lipinski definition) is 3. The molecule has 0 radical (unpaired) electrons. The third-order valence-corrected chi connectivity index (χ3v) is 3.35. The molecule has 0 bridgehead atoms. The van der Waals surface area contributed by atoms with Crippen LogP contribution in [0, 0.1) is 5.92 Å². The monoisotopic (exact) mass is 235 g/mol. The van der Waals surface area contributed by atoms with Crippen molar-refractivity contribution in [1.82, 2.24) is 4.98 Å². The van der Waals surface area contributed by atoms with Crippen LogP contribution in [-0.4, -0.2) is 24.8 Å².